The molecule has 0 radical (unpaired) electrons. The average molecular weight is 551 g/mol. The van der Waals surface area contributed by atoms with Gasteiger partial charge in [0.2, 0.25) is 17.7 Å². The van der Waals surface area contributed by atoms with Crippen molar-refractivity contribution < 1.29 is 28.7 Å². The number of aliphatic imine (C=N–C) groups is 1. The summed E-state index contributed by atoms with van der Waals surface area (Å²) in [5.41, 5.74) is 16.2. The number of imide groups is 1. The van der Waals surface area contributed by atoms with Crippen LogP contribution < -0.4 is 17.2 Å². The summed E-state index contributed by atoms with van der Waals surface area (Å²) in [6, 6.07) is -1.49. The summed E-state index contributed by atoms with van der Waals surface area (Å²) in [5.74, 6) is -1.96. The largest absolute Gasteiger partial charge is 0.446 e. The van der Waals surface area contributed by atoms with E-state index in [0.29, 0.717) is 45.3 Å². The zero-order valence-electron chi connectivity index (χ0n) is 23.1. The second kappa shape index (κ2) is 13.0. The predicted molar refractivity (Wildman–Crippen MR) is 142 cm³/mol. The Bertz CT molecular complexity index is 968. The van der Waals surface area contributed by atoms with Gasteiger partial charge in [-0.2, -0.15) is 0 Å². The maximum Gasteiger partial charge on any atom is 0.410 e. The van der Waals surface area contributed by atoms with Crippen molar-refractivity contribution in [3.05, 3.63) is 0 Å². The minimum absolute atomic E-state index is 0.0571. The van der Waals surface area contributed by atoms with Crippen LogP contribution in [0.1, 0.15) is 46.5 Å². The highest BCUT2D eigenvalue weighted by atomic mass is 16.6. The Morgan fingerprint density at radius 3 is 2.05 bits per heavy atom. The number of primary amides is 1. The summed E-state index contributed by atoms with van der Waals surface area (Å²) in [4.78, 5) is 73.8. The van der Waals surface area contributed by atoms with Crippen molar-refractivity contribution in [3.8, 4) is 0 Å². The van der Waals surface area contributed by atoms with Gasteiger partial charge >= 0.3 is 12.1 Å². The lowest BCUT2D eigenvalue weighted by Gasteiger charge is -2.49. The summed E-state index contributed by atoms with van der Waals surface area (Å²) in [6.07, 6.45) is 1.04. The maximum atomic E-state index is 13.6. The first-order valence-corrected chi connectivity index (χ1v) is 13.6. The second-order valence-electron chi connectivity index (χ2n) is 10.8. The molecule has 3 aliphatic rings. The molecule has 0 bridgehead atoms. The van der Waals surface area contributed by atoms with Crippen LogP contribution in [-0.4, -0.2) is 113 Å². The van der Waals surface area contributed by atoms with Gasteiger partial charge in [-0.1, -0.05) is 13.8 Å². The topological polar surface area (TPSA) is 198 Å². The van der Waals surface area contributed by atoms with Gasteiger partial charge in [0.15, 0.2) is 5.96 Å². The second-order valence-corrected chi connectivity index (χ2v) is 10.8. The van der Waals surface area contributed by atoms with Crippen LogP contribution in [0.4, 0.5) is 9.59 Å². The Hall–Kier alpha value is -3.58. The number of piperazine rings is 1. The van der Waals surface area contributed by atoms with E-state index in [2.05, 4.69) is 4.99 Å². The first-order valence-electron chi connectivity index (χ1n) is 13.6. The standard InChI is InChI=1S/C25H42N8O6/c1-15(2)16(3)39-25(38)32-13-11-31(12-14-32)24(37)33-19(18(21(33)35)5-4-8-29-23(27)28)22(36)30-9-6-17(7-10-30)20(26)34/h15-19H,4-14H2,1-3H3,(H2,26,34)(H4,27,28,29)/t16?,18-,19?/m1/s1. The number of guanidine groups is 1. The number of rotatable bonds is 8. The third-order valence-electron chi connectivity index (χ3n) is 7.88. The third kappa shape index (κ3) is 7.09. The first kappa shape index (κ1) is 30.0. The van der Waals surface area contributed by atoms with Crippen LogP contribution >= 0.6 is 0 Å². The third-order valence-corrected chi connectivity index (χ3v) is 7.88. The average Bonchev–Trinajstić information content (AvgIpc) is 2.90. The molecule has 3 fully saturated rings. The van der Waals surface area contributed by atoms with E-state index in [0.717, 1.165) is 4.90 Å². The Kier molecular flexibility index (Phi) is 9.97. The van der Waals surface area contributed by atoms with Crippen LogP contribution in [0.3, 0.4) is 0 Å². The molecule has 3 heterocycles. The van der Waals surface area contributed by atoms with Crippen LogP contribution in [0.15, 0.2) is 4.99 Å². The summed E-state index contributed by atoms with van der Waals surface area (Å²) in [5, 5.41) is 0. The van der Waals surface area contributed by atoms with E-state index in [4.69, 9.17) is 21.9 Å². The number of β-lactam (4-membered cyclic amide) rings is 1. The lowest BCUT2D eigenvalue weighted by atomic mass is 9.82. The van der Waals surface area contributed by atoms with E-state index in [1.807, 2.05) is 20.8 Å². The van der Waals surface area contributed by atoms with Crippen molar-refractivity contribution in [2.24, 2.45) is 39.9 Å². The van der Waals surface area contributed by atoms with Gasteiger partial charge in [-0.3, -0.25) is 24.3 Å². The van der Waals surface area contributed by atoms with Gasteiger partial charge in [-0.15, -0.1) is 0 Å². The highest BCUT2D eigenvalue weighted by Gasteiger charge is 2.56. The SMILES string of the molecule is CC(C)C(C)OC(=O)N1CCN(C(=O)N2C(=O)[C@H](CCCN=C(N)N)C2C(=O)N2CCC(C(N)=O)CC2)CC1. The molecule has 3 aliphatic heterocycles. The van der Waals surface area contributed by atoms with Gasteiger partial charge in [-0.25, -0.2) is 9.59 Å². The zero-order chi connectivity index (χ0) is 28.9. The van der Waals surface area contributed by atoms with Crippen LogP contribution in [0.2, 0.25) is 0 Å². The number of likely N-dealkylation sites (tertiary alicyclic amines) is 2. The van der Waals surface area contributed by atoms with Crippen LogP contribution in [0, 0.1) is 17.8 Å². The van der Waals surface area contributed by atoms with Gasteiger partial charge < -0.3 is 36.6 Å². The molecular formula is C25H42N8O6. The molecule has 0 aliphatic carbocycles. The lowest BCUT2D eigenvalue weighted by Crippen LogP contribution is -2.71. The number of nitrogens with two attached hydrogens (primary N) is 3. The quantitative estimate of drug-likeness (QED) is 0.156. The van der Waals surface area contributed by atoms with Gasteiger partial charge in [0.25, 0.3) is 0 Å². The highest BCUT2D eigenvalue weighted by Crippen LogP contribution is 2.34. The van der Waals surface area contributed by atoms with Crippen molar-refractivity contribution in [1.82, 2.24) is 19.6 Å². The van der Waals surface area contributed by atoms with Crippen molar-refractivity contribution in [2.75, 3.05) is 45.8 Å². The molecule has 6 amide bonds. The number of amides is 6. The Morgan fingerprint density at radius 2 is 1.51 bits per heavy atom. The molecule has 14 nitrogen and oxygen atoms in total. The molecule has 3 rings (SSSR count). The van der Waals surface area contributed by atoms with Crippen LogP contribution in [0.5, 0.6) is 0 Å². The number of piperidine rings is 1. The fourth-order valence-corrected chi connectivity index (χ4v) is 5.02. The molecule has 0 aromatic heterocycles. The first-order chi connectivity index (χ1) is 18.4. The summed E-state index contributed by atoms with van der Waals surface area (Å²) < 4.78 is 5.47. The monoisotopic (exact) mass is 550 g/mol. The van der Waals surface area contributed by atoms with E-state index in [9.17, 15) is 24.0 Å². The molecule has 218 valence electrons. The number of carbonyl (C=O) groups excluding carboxylic acids is 5. The Balaban J connectivity index is 1.65. The fraction of sp³-hybridized carbons (Fsp3) is 0.760. The molecule has 0 saturated carbocycles. The summed E-state index contributed by atoms with van der Waals surface area (Å²) in [7, 11) is 0. The molecular weight excluding hydrogens is 508 g/mol. The number of hydrogen-bond donors (Lipinski definition) is 3. The van der Waals surface area contributed by atoms with E-state index < -0.39 is 35.9 Å². The number of carbonyl (C=O) groups is 5. The normalized spacial score (nSPS) is 22.8. The molecule has 14 heteroatoms. The minimum Gasteiger partial charge on any atom is -0.446 e. The van der Waals surface area contributed by atoms with Crippen molar-refractivity contribution in [2.45, 2.75) is 58.6 Å². The fourth-order valence-electron chi connectivity index (χ4n) is 5.02. The molecule has 0 spiro atoms. The van der Waals surface area contributed by atoms with Crippen LogP contribution in [-0.2, 0) is 19.1 Å². The van der Waals surface area contributed by atoms with Crippen molar-refractivity contribution in [3.63, 3.8) is 0 Å². The minimum atomic E-state index is -0.941. The lowest BCUT2D eigenvalue weighted by molar-refractivity contribution is -0.164. The van der Waals surface area contributed by atoms with Crippen LogP contribution in [0.25, 0.3) is 0 Å². The number of urea groups is 1. The van der Waals surface area contributed by atoms with E-state index >= 15 is 0 Å². The molecule has 0 aromatic rings. The van der Waals surface area contributed by atoms with E-state index in [1.165, 1.54) is 4.90 Å². The predicted octanol–water partition coefficient (Wildman–Crippen LogP) is -0.490. The van der Waals surface area contributed by atoms with E-state index in [1.54, 1.807) is 9.80 Å². The van der Waals surface area contributed by atoms with Crippen molar-refractivity contribution >= 4 is 35.8 Å². The van der Waals surface area contributed by atoms with Gasteiger partial charge in [0.05, 0.1) is 5.92 Å². The zero-order valence-corrected chi connectivity index (χ0v) is 23.1. The Labute approximate surface area is 228 Å². The molecule has 39 heavy (non-hydrogen) atoms. The molecule has 0 aromatic carbocycles. The van der Waals surface area contributed by atoms with Gasteiger partial charge in [0, 0.05) is 51.7 Å². The summed E-state index contributed by atoms with van der Waals surface area (Å²) in [6.45, 7) is 7.68. The van der Waals surface area contributed by atoms with E-state index in [-0.39, 0.29) is 56.0 Å². The highest BCUT2D eigenvalue weighted by molar-refractivity contribution is 6.09. The number of ether oxygens (including phenoxy) is 1. The number of hydrogen-bond acceptors (Lipinski definition) is 7. The smallest absolute Gasteiger partial charge is 0.410 e. The maximum absolute atomic E-state index is 13.6. The Morgan fingerprint density at radius 1 is 0.923 bits per heavy atom. The van der Waals surface area contributed by atoms with Gasteiger partial charge in [0.1, 0.15) is 12.1 Å². The number of nitrogens with zero attached hydrogens (tertiary/aromatic N) is 5. The molecule has 3 saturated heterocycles. The summed E-state index contributed by atoms with van der Waals surface area (Å²) >= 11 is 0. The van der Waals surface area contributed by atoms with Gasteiger partial charge in [-0.05, 0) is 38.5 Å². The molecule has 2 unspecified atom stereocenters. The van der Waals surface area contributed by atoms with Crippen molar-refractivity contribution in [1.29, 1.82) is 0 Å². The molecule has 3 atom stereocenters. The molecule has 6 N–H and O–H groups in total.